The van der Waals surface area contributed by atoms with Gasteiger partial charge in [0, 0.05) is 0 Å². The lowest BCUT2D eigenvalue weighted by Crippen LogP contribution is -2.63. The van der Waals surface area contributed by atoms with Crippen molar-refractivity contribution in [3.63, 3.8) is 0 Å². The molecule has 1 fully saturated rings. The molecule has 20 heavy (non-hydrogen) atoms. The predicted octanol–water partition coefficient (Wildman–Crippen LogP) is -5.78. The van der Waals surface area contributed by atoms with Gasteiger partial charge in [0.25, 0.3) is 0 Å². The van der Waals surface area contributed by atoms with Crippen LogP contribution in [0.1, 0.15) is 0 Å². The van der Waals surface area contributed by atoms with Crippen LogP contribution in [0.15, 0.2) is 0 Å². The highest BCUT2D eigenvalue weighted by atomic mass is 16.6. The average Bonchev–Trinajstić information content (AvgIpc) is 2.45. The molecule has 1 rings (SSSR count). The summed E-state index contributed by atoms with van der Waals surface area (Å²) in [6.45, 7) is -0.886. The van der Waals surface area contributed by atoms with E-state index in [1.54, 1.807) is 0 Å². The first kappa shape index (κ1) is 17.7. The van der Waals surface area contributed by atoms with Gasteiger partial charge in [-0.3, -0.25) is 0 Å². The van der Waals surface area contributed by atoms with Crippen LogP contribution in [-0.2, 0) is 4.74 Å². The Labute approximate surface area is 113 Å². The van der Waals surface area contributed by atoms with Crippen LogP contribution in [0.5, 0.6) is 0 Å². The van der Waals surface area contributed by atoms with Crippen LogP contribution in [0, 0.1) is 0 Å². The molecule has 0 spiro atoms. The first-order valence-electron chi connectivity index (χ1n) is 5.93. The molecule has 1 aliphatic rings. The van der Waals surface area contributed by atoms with Crippen molar-refractivity contribution in [1.29, 1.82) is 0 Å². The fourth-order valence-corrected chi connectivity index (χ4v) is 1.90. The number of aliphatic hydroxyl groups excluding tert-OH is 9. The van der Waals surface area contributed by atoms with Crippen LogP contribution >= 0.6 is 0 Å². The molecule has 10 heteroatoms. The fraction of sp³-hybridized carbons (Fsp3) is 1.00. The SMILES string of the molecule is OCC(O)C(O)C(O)C(O)C1OC(O)C(O)C(O)C1O. The number of aliphatic hydroxyl groups is 9. The molecular weight excluding hydrogens is 280 g/mol. The minimum absolute atomic E-state index is 0.886. The van der Waals surface area contributed by atoms with Crippen molar-refractivity contribution in [3.05, 3.63) is 0 Å². The maximum Gasteiger partial charge on any atom is 0.184 e. The Bertz CT molecular complexity index is 302. The van der Waals surface area contributed by atoms with Gasteiger partial charge in [-0.2, -0.15) is 0 Å². The van der Waals surface area contributed by atoms with E-state index in [0.717, 1.165) is 0 Å². The number of ether oxygens (including phenoxy) is 1. The summed E-state index contributed by atoms with van der Waals surface area (Å²) in [5.74, 6) is 0. The van der Waals surface area contributed by atoms with Crippen molar-refractivity contribution >= 4 is 0 Å². The normalized spacial score (nSPS) is 41.0. The van der Waals surface area contributed by atoms with E-state index in [-0.39, 0.29) is 0 Å². The minimum Gasteiger partial charge on any atom is -0.394 e. The summed E-state index contributed by atoms with van der Waals surface area (Å²) in [4.78, 5) is 0. The fourth-order valence-electron chi connectivity index (χ4n) is 1.90. The lowest BCUT2D eigenvalue weighted by Gasteiger charge is -2.41. The van der Waals surface area contributed by atoms with E-state index in [4.69, 9.17) is 10.2 Å². The monoisotopic (exact) mass is 300 g/mol. The molecule has 120 valence electrons. The second kappa shape index (κ2) is 7.04. The van der Waals surface area contributed by atoms with Gasteiger partial charge in [0.1, 0.15) is 48.8 Å². The van der Waals surface area contributed by atoms with Crippen LogP contribution in [0.25, 0.3) is 0 Å². The number of hydrogen-bond acceptors (Lipinski definition) is 10. The lowest BCUT2D eigenvalue weighted by atomic mass is 9.90. The first-order chi connectivity index (χ1) is 9.22. The molecule has 9 unspecified atom stereocenters. The van der Waals surface area contributed by atoms with E-state index in [9.17, 15) is 35.7 Å². The van der Waals surface area contributed by atoms with Crippen LogP contribution in [0.3, 0.4) is 0 Å². The second-order valence-electron chi connectivity index (χ2n) is 4.68. The van der Waals surface area contributed by atoms with Crippen LogP contribution in [0.2, 0.25) is 0 Å². The molecule has 1 heterocycles. The molecule has 9 atom stereocenters. The second-order valence-corrected chi connectivity index (χ2v) is 4.68. The lowest BCUT2D eigenvalue weighted by molar-refractivity contribution is -0.306. The molecule has 0 aliphatic carbocycles. The maximum atomic E-state index is 9.76. The highest BCUT2D eigenvalue weighted by molar-refractivity contribution is 4.96. The van der Waals surface area contributed by atoms with Gasteiger partial charge in [0.15, 0.2) is 6.29 Å². The zero-order chi connectivity index (χ0) is 15.6. The molecular formula is C10H20O10. The van der Waals surface area contributed by atoms with Gasteiger partial charge >= 0.3 is 0 Å². The van der Waals surface area contributed by atoms with Gasteiger partial charge in [-0.1, -0.05) is 0 Å². The van der Waals surface area contributed by atoms with Gasteiger partial charge in [-0.25, -0.2) is 0 Å². The number of rotatable bonds is 5. The van der Waals surface area contributed by atoms with Gasteiger partial charge < -0.3 is 50.7 Å². The van der Waals surface area contributed by atoms with Crippen molar-refractivity contribution in [2.45, 2.75) is 55.1 Å². The Balaban J connectivity index is 2.77. The molecule has 0 aromatic carbocycles. The summed E-state index contributed by atoms with van der Waals surface area (Å²) in [7, 11) is 0. The zero-order valence-electron chi connectivity index (χ0n) is 10.3. The molecule has 0 radical (unpaired) electrons. The Kier molecular flexibility index (Phi) is 6.22. The van der Waals surface area contributed by atoms with Crippen molar-refractivity contribution in [2.75, 3.05) is 6.61 Å². The van der Waals surface area contributed by atoms with Gasteiger partial charge in [-0.15, -0.1) is 0 Å². The van der Waals surface area contributed by atoms with Gasteiger partial charge in [0.05, 0.1) is 6.61 Å². The quantitative estimate of drug-likeness (QED) is 0.236. The molecule has 1 aliphatic heterocycles. The van der Waals surface area contributed by atoms with Gasteiger partial charge in [0.2, 0.25) is 0 Å². The molecule has 0 saturated carbocycles. The third kappa shape index (κ3) is 3.43. The van der Waals surface area contributed by atoms with E-state index >= 15 is 0 Å². The summed E-state index contributed by atoms with van der Waals surface area (Å²) < 4.78 is 4.66. The molecule has 0 amide bonds. The van der Waals surface area contributed by atoms with Crippen molar-refractivity contribution in [1.82, 2.24) is 0 Å². The van der Waals surface area contributed by atoms with Crippen molar-refractivity contribution in [3.8, 4) is 0 Å². The summed E-state index contributed by atoms with van der Waals surface area (Å²) in [5.41, 5.74) is 0. The van der Waals surface area contributed by atoms with Crippen molar-refractivity contribution < 1.29 is 50.7 Å². The van der Waals surface area contributed by atoms with E-state index in [1.807, 2.05) is 0 Å². The molecule has 9 N–H and O–H groups in total. The molecule has 1 saturated heterocycles. The molecule has 0 bridgehead atoms. The molecule has 0 aromatic heterocycles. The van der Waals surface area contributed by atoms with Crippen LogP contribution < -0.4 is 0 Å². The topological polar surface area (TPSA) is 191 Å². The van der Waals surface area contributed by atoms with E-state index in [2.05, 4.69) is 4.74 Å². The number of hydrogen-bond donors (Lipinski definition) is 9. The summed E-state index contributed by atoms with van der Waals surface area (Å²) in [6.07, 6.45) is -16.9. The minimum atomic E-state index is -2.04. The predicted molar refractivity (Wildman–Crippen MR) is 60.0 cm³/mol. The highest BCUT2D eigenvalue weighted by Crippen LogP contribution is 2.24. The van der Waals surface area contributed by atoms with Crippen molar-refractivity contribution in [2.24, 2.45) is 0 Å². The Morgan fingerprint density at radius 3 is 1.85 bits per heavy atom. The Hall–Kier alpha value is -0.400. The standard InChI is InChI=1S/C10H20O10/c11-1-2(12)3(13)4(14)6(16)9-7(17)5(15)8(18)10(19)20-9/h2-19H,1H2. The highest BCUT2D eigenvalue weighted by Gasteiger charge is 2.48. The summed E-state index contributed by atoms with van der Waals surface area (Å²) in [5, 5.41) is 84.1. The summed E-state index contributed by atoms with van der Waals surface area (Å²) in [6, 6.07) is 0. The first-order valence-corrected chi connectivity index (χ1v) is 5.93. The smallest absolute Gasteiger partial charge is 0.184 e. The zero-order valence-corrected chi connectivity index (χ0v) is 10.3. The maximum absolute atomic E-state index is 9.76. The Morgan fingerprint density at radius 1 is 0.800 bits per heavy atom. The van der Waals surface area contributed by atoms with E-state index in [0.29, 0.717) is 0 Å². The van der Waals surface area contributed by atoms with E-state index in [1.165, 1.54) is 0 Å². The van der Waals surface area contributed by atoms with Crippen LogP contribution in [-0.4, -0.2) is 108 Å². The summed E-state index contributed by atoms with van der Waals surface area (Å²) >= 11 is 0. The van der Waals surface area contributed by atoms with Crippen LogP contribution in [0.4, 0.5) is 0 Å². The third-order valence-electron chi connectivity index (χ3n) is 3.24. The van der Waals surface area contributed by atoms with E-state index < -0.39 is 61.7 Å². The van der Waals surface area contributed by atoms with Gasteiger partial charge in [-0.05, 0) is 0 Å². The average molecular weight is 300 g/mol. The largest absolute Gasteiger partial charge is 0.394 e. The third-order valence-corrected chi connectivity index (χ3v) is 3.24. The molecule has 0 aromatic rings. The molecule has 10 nitrogen and oxygen atoms in total. The Morgan fingerprint density at radius 2 is 1.35 bits per heavy atom.